The van der Waals surface area contributed by atoms with Gasteiger partial charge in [0.1, 0.15) is 0 Å². The minimum atomic E-state index is -0.467. The average molecular weight is 535 g/mol. The SMILES string of the molecule is Cc1cn(C)c2ccc(N3c4ccccc4C4(c5ccccc5Sc5ccccc54)c4ccccc43)cc2c1=O. The van der Waals surface area contributed by atoms with Crippen molar-refractivity contribution in [1.29, 1.82) is 0 Å². The molecule has 2 aliphatic rings. The number of rotatable bonds is 1. The van der Waals surface area contributed by atoms with Gasteiger partial charge in [-0.3, -0.25) is 4.79 Å². The van der Waals surface area contributed by atoms with E-state index in [-0.39, 0.29) is 5.43 Å². The number of benzene rings is 5. The number of pyridine rings is 1. The lowest BCUT2D eigenvalue weighted by molar-refractivity contribution is 0.692. The Morgan fingerprint density at radius 1 is 0.650 bits per heavy atom. The zero-order valence-corrected chi connectivity index (χ0v) is 23.1. The van der Waals surface area contributed by atoms with E-state index in [9.17, 15) is 4.79 Å². The molecule has 8 rings (SSSR count). The summed E-state index contributed by atoms with van der Waals surface area (Å²) in [5.74, 6) is 0. The molecule has 0 saturated heterocycles. The van der Waals surface area contributed by atoms with Gasteiger partial charge in [0.25, 0.3) is 0 Å². The van der Waals surface area contributed by atoms with Crippen molar-refractivity contribution >= 4 is 39.7 Å². The van der Waals surface area contributed by atoms with E-state index >= 15 is 0 Å². The van der Waals surface area contributed by atoms with Crippen LogP contribution in [0.15, 0.2) is 136 Å². The van der Waals surface area contributed by atoms with Crippen LogP contribution in [0.5, 0.6) is 0 Å². The maximum atomic E-state index is 13.3. The topological polar surface area (TPSA) is 25.2 Å². The van der Waals surface area contributed by atoms with Crippen LogP contribution in [0.2, 0.25) is 0 Å². The van der Waals surface area contributed by atoms with E-state index in [0.29, 0.717) is 0 Å². The highest BCUT2D eigenvalue weighted by molar-refractivity contribution is 7.99. The van der Waals surface area contributed by atoms with Crippen molar-refractivity contribution in [2.45, 2.75) is 22.1 Å². The Kier molecular flexibility index (Phi) is 4.95. The van der Waals surface area contributed by atoms with E-state index in [1.54, 1.807) is 0 Å². The van der Waals surface area contributed by atoms with Crippen molar-refractivity contribution in [3.63, 3.8) is 0 Å². The first-order chi connectivity index (χ1) is 19.6. The van der Waals surface area contributed by atoms with Gasteiger partial charge in [0.15, 0.2) is 5.43 Å². The monoisotopic (exact) mass is 534 g/mol. The molecule has 0 bridgehead atoms. The number of hydrogen-bond donors (Lipinski definition) is 0. The Morgan fingerprint density at radius 2 is 1.18 bits per heavy atom. The molecule has 5 aromatic carbocycles. The van der Waals surface area contributed by atoms with Crippen molar-refractivity contribution < 1.29 is 0 Å². The molecule has 0 N–H and O–H groups in total. The molecular weight excluding hydrogens is 508 g/mol. The van der Waals surface area contributed by atoms with Crippen LogP contribution < -0.4 is 10.3 Å². The summed E-state index contributed by atoms with van der Waals surface area (Å²) in [4.78, 5) is 18.2. The fourth-order valence-electron chi connectivity index (χ4n) is 6.88. The minimum Gasteiger partial charge on any atom is -0.350 e. The van der Waals surface area contributed by atoms with Crippen LogP contribution in [-0.2, 0) is 12.5 Å². The lowest BCUT2D eigenvalue weighted by Gasteiger charge is -2.49. The summed E-state index contributed by atoms with van der Waals surface area (Å²) < 4.78 is 2.04. The molecule has 40 heavy (non-hydrogen) atoms. The normalized spacial score (nSPS) is 14.4. The highest BCUT2D eigenvalue weighted by Crippen LogP contribution is 2.62. The Hall–Kier alpha value is -4.54. The maximum Gasteiger partial charge on any atom is 0.192 e. The van der Waals surface area contributed by atoms with Gasteiger partial charge in [-0.2, -0.15) is 0 Å². The molecule has 4 heteroatoms. The van der Waals surface area contributed by atoms with Crippen LogP contribution in [-0.4, -0.2) is 4.57 Å². The van der Waals surface area contributed by atoms with Gasteiger partial charge >= 0.3 is 0 Å². The number of para-hydroxylation sites is 2. The van der Waals surface area contributed by atoms with Crippen molar-refractivity contribution in [2.24, 2.45) is 7.05 Å². The molecule has 0 unspecified atom stereocenters. The number of hydrogen-bond acceptors (Lipinski definition) is 3. The predicted octanol–water partition coefficient (Wildman–Crippen LogP) is 8.48. The summed E-state index contributed by atoms with van der Waals surface area (Å²) in [5, 5.41) is 0.736. The molecule has 1 aromatic heterocycles. The summed E-state index contributed by atoms with van der Waals surface area (Å²) in [6, 6.07) is 41.5. The van der Waals surface area contributed by atoms with E-state index in [0.717, 1.165) is 33.5 Å². The fraction of sp³-hybridized carbons (Fsp3) is 0.0833. The Balaban J connectivity index is 1.50. The summed E-state index contributed by atoms with van der Waals surface area (Å²) in [6.45, 7) is 1.89. The van der Waals surface area contributed by atoms with Crippen LogP contribution in [0.25, 0.3) is 10.9 Å². The van der Waals surface area contributed by atoms with Crippen LogP contribution in [0.1, 0.15) is 27.8 Å². The van der Waals surface area contributed by atoms with Gasteiger partial charge in [-0.25, -0.2) is 0 Å². The first-order valence-electron chi connectivity index (χ1n) is 13.5. The largest absolute Gasteiger partial charge is 0.350 e. The van der Waals surface area contributed by atoms with Crippen LogP contribution in [0.3, 0.4) is 0 Å². The van der Waals surface area contributed by atoms with Gasteiger partial charge in [0, 0.05) is 39.7 Å². The first-order valence-corrected chi connectivity index (χ1v) is 14.4. The highest BCUT2D eigenvalue weighted by Gasteiger charge is 2.50. The lowest BCUT2D eigenvalue weighted by atomic mass is 9.62. The summed E-state index contributed by atoms with van der Waals surface area (Å²) >= 11 is 1.85. The second-order valence-electron chi connectivity index (χ2n) is 10.7. The number of aromatic nitrogens is 1. The van der Waals surface area contributed by atoms with Gasteiger partial charge in [-0.05, 0) is 71.6 Å². The van der Waals surface area contributed by atoms with E-state index in [1.807, 2.05) is 36.5 Å². The standard InChI is InChI=1S/C36H26N2OS/c1-23-22-37(2)30-20-19-24(21-25(30)35(23)39)38-31-15-7-3-11-26(31)36(27-12-4-8-16-32(27)38)28-13-5-9-17-33(28)40-34-18-10-6-14-29(34)36/h3-22H,1-2H3. The van der Waals surface area contributed by atoms with Crippen molar-refractivity contribution in [3.8, 4) is 0 Å². The zero-order valence-electron chi connectivity index (χ0n) is 22.3. The van der Waals surface area contributed by atoms with E-state index in [2.05, 4.69) is 120 Å². The lowest BCUT2D eigenvalue weighted by Crippen LogP contribution is -2.39. The van der Waals surface area contributed by atoms with Crippen molar-refractivity contribution in [3.05, 3.63) is 159 Å². The summed E-state index contributed by atoms with van der Waals surface area (Å²) in [6.07, 6.45) is 1.91. The smallest absolute Gasteiger partial charge is 0.192 e. The quantitative estimate of drug-likeness (QED) is 0.211. The van der Waals surface area contributed by atoms with Crippen LogP contribution in [0, 0.1) is 6.92 Å². The number of anilines is 3. The predicted molar refractivity (Wildman–Crippen MR) is 165 cm³/mol. The van der Waals surface area contributed by atoms with E-state index < -0.39 is 5.41 Å². The Morgan fingerprint density at radius 3 is 1.77 bits per heavy atom. The maximum absolute atomic E-state index is 13.3. The highest BCUT2D eigenvalue weighted by atomic mass is 32.2. The molecule has 3 heterocycles. The molecule has 0 fully saturated rings. The van der Waals surface area contributed by atoms with Crippen LogP contribution in [0.4, 0.5) is 17.1 Å². The second-order valence-corrected chi connectivity index (χ2v) is 11.8. The van der Waals surface area contributed by atoms with Gasteiger partial charge < -0.3 is 9.47 Å². The molecule has 0 saturated carbocycles. The first kappa shape index (κ1) is 23.4. The molecule has 3 nitrogen and oxygen atoms in total. The minimum absolute atomic E-state index is 0.0807. The second kappa shape index (κ2) is 8.48. The molecule has 6 aromatic rings. The molecule has 0 atom stereocenters. The fourth-order valence-corrected chi connectivity index (χ4v) is 8.08. The van der Waals surface area contributed by atoms with E-state index in [4.69, 9.17) is 0 Å². The summed E-state index contributed by atoms with van der Waals surface area (Å²) in [5.41, 5.74) is 9.63. The van der Waals surface area contributed by atoms with Crippen molar-refractivity contribution in [1.82, 2.24) is 4.57 Å². The number of nitrogens with zero attached hydrogens (tertiary/aromatic N) is 2. The molecular formula is C36H26N2OS. The van der Waals surface area contributed by atoms with Crippen molar-refractivity contribution in [2.75, 3.05) is 4.90 Å². The Labute approximate surface area is 237 Å². The van der Waals surface area contributed by atoms with Gasteiger partial charge in [-0.15, -0.1) is 0 Å². The third kappa shape index (κ3) is 3.00. The van der Waals surface area contributed by atoms with Gasteiger partial charge in [0.2, 0.25) is 0 Å². The van der Waals surface area contributed by atoms with Gasteiger partial charge in [-0.1, -0.05) is 84.6 Å². The van der Waals surface area contributed by atoms with Crippen LogP contribution >= 0.6 is 11.8 Å². The molecule has 192 valence electrons. The van der Waals surface area contributed by atoms with E-state index in [1.165, 1.54) is 32.0 Å². The number of aryl methyl sites for hydroxylation is 2. The molecule has 1 spiro atoms. The molecule has 0 radical (unpaired) electrons. The Bertz CT molecular complexity index is 1960. The zero-order chi connectivity index (χ0) is 27.0. The average Bonchev–Trinajstić information content (AvgIpc) is 3.00. The molecule has 2 aliphatic heterocycles. The van der Waals surface area contributed by atoms with Gasteiger partial charge in [0.05, 0.1) is 22.3 Å². The third-order valence-electron chi connectivity index (χ3n) is 8.51. The molecule has 0 aliphatic carbocycles. The third-order valence-corrected chi connectivity index (χ3v) is 9.66. The molecule has 0 amide bonds. The number of fused-ring (bicyclic) bond motifs is 9. The summed E-state index contributed by atoms with van der Waals surface area (Å²) in [7, 11) is 2.00.